The number of ether oxygens (including phenoxy) is 1. The molecule has 4 nitrogen and oxygen atoms in total. The fourth-order valence-electron chi connectivity index (χ4n) is 1.83. The minimum atomic E-state index is -0.728. The van der Waals surface area contributed by atoms with Gasteiger partial charge in [0.1, 0.15) is 0 Å². The molecule has 4 heteroatoms. The molecule has 0 aromatic rings. The van der Waals surface area contributed by atoms with E-state index in [1.807, 2.05) is 6.92 Å². The van der Waals surface area contributed by atoms with Gasteiger partial charge in [-0.05, 0) is 32.6 Å². The van der Waals surface area contributed by atoms with Crippen molar-refractivity contribution in [2.24, 2.45) is 0 Å². The highest BCUT2D eigenvalue weighted by molar-refractivity contribution is 5.66. The van der Waals surface area contributed by atoms with E-state index in [0.29, 0.717) is 6.42 Å². The second-order valence-corrected chi connectivity index (χ2v) is 4.46. The van der Waals surface area contributed by atoms with E-state index in [-0.39, 0.29) is 18.1 Å². The molecule has 0 heterocycles. The Morgan fingerprint density at radius 3 is 2.67 bits per heavy atom. The molecule has 0 bridgehead atoms. The van der Waals surface area contributed by atoms with E-state index in [2.05, 4.69) is 5.32 Å². The first-order valence-electron chi connectivity index (χ1n) is 5.58. The third kappa shape index (κ3) is 3.80. The molecule has 0 aliphatic heterocycles. The van der Waals surface area contributed by atoms with Crippen LogP contribution in [0.15, 0.2) is 0 Å². The van der Waals surface area contributed by atoms with Crippen molar-refractivity contribution in [2.75, 3.05) is 13.7 Å². The van der Waals surface area contributed by atoms with Gasteiger partial charge in [0, 0.05) is 26.1 Å². The predicted molar refractivity (Wildman–Crippen MR) is 57.9 cm³/mol. The van der Waals surface area contributed by atoms with Gasteiger partial charge in [-0.3, -0.25) is 4.79 Å². The van der Waals surface area contributed by atoms with Gasteiger partial charge in [-0.2, -0.15) is 0 Å². The third-order valence-corrected chi connectivity index (χ3v) is 3.26. The summed E-state index contributed by atoms with van der Waals surface area (Å²) in [5, 5.41) is 11.9. The minimum absolute atomic E-state index is 0.0253. The number of carboxylic acids is 1. The van der Waals surface area contributed by atoms with Gasteiger partial charge in [-0.25, -0.2) is 0 Å². The smallest absolute Gasteiger partial charge is 0.303 e. The van der Waals surface area contributed by atoms with E-state index in [4.69, 9.17) is 9.84 Å². The van der Waals surface area contributed by atoms with Crippen LogP contribution in [0.1, 0.15) is 39.0 Å². The van der Waals surface area contributed by atoms with E-state index in [9.17, 15) is 4.79 Å². The summed E-state index contributed by atoms with van der Waals surface area (Å²) in [6, 6.07) is 0.244. The van der Waals surface area contributed by atoms with Crippen LogP contribution in [-0.4, -0.2) is 36.4 Å². The number of carboxylic acid groups (broad SMARTS) is 1. The van der Waals surface area contributed by atoms with Crippen LogP contribution in [0, 0.1) is 0 Å². The molecule has 1 atom stereocenters. The molecule has 1 saturated carbocycles. The molecule has 1 unspecified atom stereocenters. The molecule has 0 spiro atoms. The van der Waals surface area contributed by atoms with Gasteiger partial charge >= 0.3 is 5.97 Å². The quantitative estimate of drug-likeness (QED) is 0.674. The summed E-state index contributed by atoms with van der Waals surface area (Å²) in [6.45, 7) is 2.86. The molecule has 88 valence electrons. The molecule has 1 fully saturated rings. The van der Waals surface area contributed by atoms with E-state index >= 15 is 0 Å². The van der Waals surface area contributed by atoms with Crippen molar-refractivity contribution >= 4 is 5.97 Å². The number of aliphatic carboxylic acids is 1. The zero-order chi connectivity index (χ0) is 11.3. The lowest BCUT2D eigenvalue weighted by Crippen LogP contribution is -2.49. The maximum Gasteiger partial charge on any atom is 0.303 e. The molecule has 0 saturated heterocycles. The molecule has 15 heavy (non-hydrogen) atoms. The van der Waals surface area contributed by atoms with Crippen molar-refractivity contribution in [1.82, 2.24) is 5.32 Å². The zero-order valence-electron chi connectivity index (χ0n) is 9.58. The fourth-order valence-corrected chi connectivity index (χ4v) is 1.83. The normalized spacial score (nSPS) is 20.7. The number of hydrogen-bond donors (Lipinski definition) is 2. The molecule has 0 aromatic heterocycles. The molecule has 1 aliphatic rings. The summed E-state index contributed by atoms with van der Waals surface area (Å²) >= 11 is 0. The van der Waals surface area contributed by atoms with E-state index < -0.39 is 5.97 Å². The third-order valence-electron chi connectivity index (χ3n) is 3.26. The van der Waals surface area contributed by atoms with Crippen molar-refractivity contribution in [3.63, 3.8) is 0 Å². The molecule has 2 N–H and O–H groups in total. The Morgan fingerprint density at radius 2 is 2.27 bits per heavy atom. The van der Waals surface area contributed by atoms with Crippen LogP contribution < -0.4 is 5.32 Å². The van der Waals surface area contributed by atoms with Crippen LogP contribution in [0.25, 0.3) is 0 Å². The van der Waals surface area contributed by atoms with Crippen molar-refractivity contribution in [3.05, 3.63) is 0 Å². The van der Waals surface area contributed by atoms with Crippen molar-refractivity contribution in [3.8, 4) is 0 Å². The summed E-state index contributed by atoms with van der Waals surface area (Å²) in [6.07, 6.45) is 4.37. The van der Waals surface area contributed by atoms with E-state index in [0.717, 1.165) is 19.4 Å². The highest BCUT2D eigenvalue weighted by Gasteiger charge is 2.36. The maximum atomic E-state index is 10.4. The molecular formula is C11H21NO3. The molecule has 0 aromatic carbocycles. The van der Waals surface area contributed by atoms with Gasteiger partial charge in [0.2, 0.25) is 0 Å². The van der Waals surface area contributed by atoms with E-state index in [1.54, 1.807) is 7.11 Å². The first-order valence-corrected chi connectivity index (χ1v) is 5.58. The van der Waals surface area contributed by atoms with Crippen molar-refractivity contribution in [2.45, 2.75) is 50.7 Å². The lowest BCUT2D eigenvalue weighted by Gasteiger charge is -2.41. The summed E-state index contributed by atoms with van der Waals surface area (Å²) < 4.78 is 5.47. The maximum absolute atomic E-state index is 10.4. The molecule has 0 amide bonds. The van der Waals surface area contributed by atoms with Gasteiger partial charge in [0.05, 0.1) is 5.60 Å². The summed E-state index contributed by atoms with van der Waals surface area (Å²) in [7, 11) is 1.75. The summed E-state index contributed by atoms with van der Waals surface area (Å²) in [5.74, 6) is -0.728. The Balaban J connectivity index is 2.15. The molecule has 1 aliphatic carbocycles. The lowest BCUT2D eigenvalue weighted by molar-refractivity contribution is -0.137. The van der Waals surface area contributed by atoms with Gasteiger partial charge in [-0.1, -0.05) is 0 Å². The standard InChI is InChI=1S/C11H21NO3/c1-9(4-5-10(13)14)12-8-11(15-2)6-3-7-11/h9,12H,3-8H2,1-2H3,(H,13,14). The van der Waals surface area contributed by atoms with Crippen LogP contribution in [0.4, 0.5) is 0 Å². The first-order chi connectivity index (χ1) is 7.08. The second-order valence-electron chi connectivity index (χ2n) is 4.46. The number of nitrogens with one attached hydrogen (secondary N) is 1. The van der Waals surface area contributed by atoms with Crippen LogP contribution >= 0.6 is 0 Å². The average Bonchev–Trinajstić information content (AvgIpc) is 2.14. The number of carbonyl (C=O) groups is 1. The van der Waals surface area contributed by atoms with Crippen LogP contribution in [0.3, 0.4) is 0 Å². The van der Waals surface area contributed by atoms with Crippen molar-refractivity contribution in [1.29, 1.82) is 0 Å². The van der Waals surface area contributed by atoms with Crippen molar-refractivity contribution < 1.29 is 14.6 Å². The summed E-state index contributed by atoms with van der Waals surface area (Å²) in [5.41, 5.74) is 0.0253. The van der Waals surface area contributed by atoms with Gasteiger partial charge < -0.3 is 15.2 Å². The minimum Gasteiger partial charge on any atom is -0.481 e. The zero-order valence-corrected chi connectivity index (χ0v) is 9.58. The van der Waals surface area contributed by atoms with Gasteiger partial charge in [0.25, 0.3) is 0 Å². The highest BCUT2D eigenvalue weighted by Crippen LogP contribution is 2.34. The Hall–Kier alpha value is -0.610. The monoisotopic (exact) mass is 215 g/mol. The predicted octanol–water partition coefficient (Wildman–Crippen LogP) is 1.40. The Labute approximate surface area is 91.0 Å². The van der Waals surface area contributed by atoms with Crippen LogP contribution in [-0.2, 0) is 9.53 Å². The summed E-state index contributed by atoms with van der Waals surface area (Å²) in [4.78, 5) is 10.4. The molecular weight excluding hydrogens is 194 g/mol. The fraction of sp³-hybridized carbons (Fsp3) is 0.909. The largest absolute Gasteiger partial charge is 0.481 e. The van der Waals surface area contributed by atoms with Crippen LogP contribution in [0.2, 0.25) is 0 Å². The Bertz CT molecular complexity index is 208. The lowest BCUT2D eigenvalue weighted by atomic mass is 9.80. The number of hydrogen-bond acceptors (Lipinski definition) is 3. The first kappa shape index (κ1) is 12.5. The SMILES string of the molecule is COC1(CNC(C)CCC(=O)O)CCC1. The number of rotatable bonds is 7. The average molecular weight is 215 g/mol. The second kappa shape index (κ2) is 5.47. The van der Waals surface area contributed by atoms with Gasteiger partial charge in [0.15, 0.2) is 0 Å². The topological polar surface area (TPSA) is 58.6 Å². The Morgan fingerprint density at radius 1 is 1.60 bits per heavy atom. The molecule has 0 radical (unpaired) electrons. The van der Waals surface area contributed by atoms with Gasteiger partial charge in [-0.15, -0.1) is 0 Å². The number of methoxy groups -OCH3 is 1. The van der Waals surface area contributed by atoms with E-state index in [1.165, 1.54) is 6.42 Å². The highest BCUT2D eigenvalue weighted by atomic mass is 16.5. The molecule has 1 rings (SSSR count). The Kier molecular flexibility index (Phi) is 4.54. The van der Waals surface area contributed by atoms with Crippen LogP contribution in [0.5, 0.6) is 0 Å².